The molecule has 1 saturated carbocycles. The molecule has 0 saturated heterocycles. The highest BCUT2D eigenvalue weighted by atomic mass is 79.9. The first-order chi connectivity index (χ1) is 12.6. The summed E-state index contributed by atoms with van der Waals surface area (Å²) in [7, 11) is 0. The number of aromatic nitrogens is 2. The molecule has 1 aliphatic carbocycles. The summed E-state index contributed by atoms with van der Waals surface area (Å²) in [5.74, 6) is 0.0682. The molecule has 0 spiro atoms. The Kier molecular flexibility index (Phi) is 5.52. The maximum absolute atomic E-state index is 12.2. The molecule has 1 N–H and O–H groups in total. The van der Waals surface area contributed by atoms with E-state index in [1.165, 1.54) is 11.1 Å². The second-order valence-electron chi connectivity index (χ2n) is 6.43. The number of hydrogen-bond donors (Lipinski definition) is 1. The molecular formula is C19H19BrN4O2. The first kappa shape index (κ1) is 18.3. The number of rotatable bonds is 4. The van der Waals surface area contributed by atoms with E-state index in [1.54, 1.807) is 6.07 Å². The van der Waals surface area contributed by atoms with Gasteiger partial charge in [0.2, 0.25) is 5.82 Å². The largest absolute Gasteiger partial charge is 0.465 e. The standard InChI is InChI=1S/C19H19BrN4O2/c20-15-7-3-2-6-14(15)13-24(18(25)26)19(9-4-1-5-10-19)16-8-11-22-17(12-21)23-16/h2-3,6-8,11H,1,4-5,9-10,13H2,(H,25,26). The van der Waals surface area contributed by atoms with E-state index in [9.17, 15) is 9.90 Å². The number of carboxylic acid groups (broad SMARTS) is 1. The van der Waals surface area contributed by atoms with Crippen molar-refractivity contribution in [1.29, 1.82) is 5.26 Å². The summed E-state index contributed by atoms with van der Waals surface area (Å²) in [6, 6.07) is 11.3. The lowest BCUT2D eigenvalue weighted by atomic mass is 9.77. The van der Waals surface area contributed by atoms with E-state index in [1.807, 2.05) is 30.3 Å². The zero-order valence-corrected chi connectivity index (χ0v) is 15.8. The Bertz CT molecular complexity index is 843. The van der Waals surface area contributed by atoms with Gasteiger partial charge in [0, 0.05) is 10.7 Å². The Hall–Kier alpha value is -2.46. The maximum atomic E-state index is 12.2. The summed E-state index contributed by atoms with van der Waals surface area (Å²) < 4.78 is 0.873. The average Bonchev–Trinajstić information content (AvgIpc) is 2.67. The van der Waals surface area contributed by atoms with Gasteiger partial charge in [0.15, 0.2) is 0 Å². The van der Waals surface area contributed by atoms with Crippen molar-refractivity contribution in [3.05, 3.63) is 58.1 Å². The van der Waals surface area contributed by atoms with Gasteiger partial charge in [-0.15, -0.1) is 0 Å². The third kappa shape index (κ3) is 3.56. The van der Waals surface area contributed by atoms with Crippen LogP contribution in [0.4, 0.5) is 4.79 Å². The molecule has 0 unspecified atom stereocenters. The minimum atomic E-state index is -0.986. The second-order valence-corrected chi connectivity index (χ2v) is 7.28. The molecule has 6 nitrogen and oxygen atoms in total. The number of nitriles is 1. The van der Waals surface area contributed by atoms with Crippen LogP contribution in [0.1, 0.15) is 49.2 Å². The van der Waals surface area contributed by atoms with Gasteiger partial charge in [-0.3, -0.25) is 4.90 Å². The van der Waals surface area contributed by atoms with Gasteiger partial charge in [-0.05, 0) is 30.5 Å². The molecule has 1 aliphatic rings. The average molecular weight is 415 g/mol. The van der Waals surface area contributed by atoms with Crippen LogP contribution in [0.2, 0.25) is 0 Å². The Labute approximate surface area is 160 Å². The molecule has 1 fully saturated rings. The molecule has 1 heterocycles. The summed E-state index contributed by atoms with van der Waals surface area (Å²) in [6.07, 6.45) is 4.84. The fourth-order valence-electron chi connectivity index (χ4n) is 3.67. The quantitative estimate of drug-likeness (QED) is 0.797. The van der Waals surface area contributed by atoms with Crippen molar-refractivity contribution in [3.8, 4) is 6.07 Å². The van der Waals surface area contributed by atoms with E-state index in [-0.39, 0.29) is 12.4 Å². The minimum absolute atomic E-state index is 0.0682. The smallest absolute Gasteiger partial charge is 0.408 e. The number of carbonyl (C=O) groups is 1. The van der Waals surface area contributed by atoms with Gasteiger partial charge in [0.25, 0.3) is 0 Å². The van der Waals surface area contributed by atoms with Crippen molar-refractivity contribution < 1.29 is 9.90 Å². The number of amides is 1. The first-order valence-electron chi connectivity index (χ1n) is 8.54. The predicted molar refractivity (Wildman–Crippen MR) is 99.2 cm³/mol. The van der Waals surface area contributed by atoms with Gasteiger partial charge in [0.1, 0.15) is 6.07 Å². The van der Waals surface area contributed by atoms with Crippen LogP contribution < -0.4 is 0 Å². The molecule has 26 heavy (non-hydrogen) atoms. The molecule has 1 amide bonds. The van der Waals surface area contributed by atoms with Gasteiger partial charge < -0.3 is 5.11 Å². The van der Waals surface area contributed by atoms with Crippen LogP contribution in [0.25, 0.3) is 0 Å². The number of halogens is 1. The number of nitrogens with zero attached hydrogens (tertiary/aromatic N) is 4. The van der Waals surface area contributed by atoms with Crippen LogP contribution in [0, 0.1) is 11.3 Å². The van der Waals surface area contributed by atoms with Crippen LogP contribution in [0.3, 0.4) is 0 Å². The van der Waals surface area contributed by atoms with Crippen molar-refractivity contribution in [2.24, 2.45) is 0 Å². The van der Waals surface area contributed by atoms with Crippen molar-refractivity contribution in [2.75, 3.05) is 0 Å². The van der Waals surface area contributed by atoms with Gasteiger partial charge in [-0.1, -0.05) is 53.4 Å². The molecule has 0 radical (unpaired) electrons. The number of hydrogen-bond acceptors (Lipinski definition) is 4. The van der Waals surface area contributed by atoms with Crippen LogP contribution in [-0.4, -0.2) is 26.1 Å². The summed E-state index contributed by atoms with van der Waals surface area (Å²) in [6.45, 7) is 0.253. The first-order valence-corrected chi connectivity index (χ1v) is 9.34. The predicted octanol–water partition coefficient (Wildman–Crippen LogP) is 4.45. The highest BCUT2D eigenvalue weighted by molar-refractivity contribution is 9.10. The highest BCUT2D eigenvalue weighted by Gasteiger charge is 2.44. The van der Waals surface area contributed by atoms with Crippen molar-refractivity contribution in [2.45, 2.75) is 44.2 Å². The minimum Gasteiger partial charge on any atom is -0.465 e. The molecule has 134 valence electrons. The second kappa shape index (κ2) is 7.83. The SMILES string of the molecule is N#Cc1nccc(C2(N(Cc3ccccc3Br)C(=O)O)CCCCC2)n1. The summed E-state index contributed by atoms with van der Waals surface area (Å²) in [5, 5.41) is 19.2. The maximum Gasteiger partial charge on any atom is 0.408 e. The molecular weight excluding hydrogens is 396 g/mol. The van der Waals surface area contributed by atoms with Crippen LogP contribution in [-0.2, 0) is 12.1 Å². The highest BCUT2D eigenvalue weighted by Crippen LogP contribution is 2.42. The van der Waals surface area contributed by atoms with Gasteiger partial charge >= 0.3 is 6.09 Å². The third-order valence-corrected chi connectivity index (χ3v) is 5.72. The fraction of sp³-hybridized carbons (Fsp3) is 0.368. The van der Waals surface area contributed by atoms with Gasteiger partial charge in [-0.25, -0.2) is 14.8 Å². The zero-order chi connectivity index (χ0) is 18.6. The zero-order valence-electron chi connectivity index (χ0n) is 14.2. The molecule has 7 heteroatoms. The molecule has 3 rings (SSSR count). The van der Waals surface area contributed by atoms with Crippen LogP contribution in [0.15, 0.2) is 41.0 Å². The lowest BCUT2D eigenvalue weighted by molar-refractivity contribution is 0.0383. The fourth-order valence-corrected chi connectivity index (χ4v) is 4.08. The Morgan fingerprint density at radius 2 is 2.00 bits per heavy atom. The van der Waals surface area contributed by atoms with Gasteiger partial charge in [-0.2, -0.15) is 5.26 Å². The lowest BCUT2D eigenvalue weighted by Gasteiger charge is -2.44. The summed E-state index contributed by atoms with van der Waals surface area (Å²) in [5.41, 5.74) is 0.765. The summed E-state index contributed by atoms with van der Waals surface area (Å²) >= 11 is 3.51. The van der Waals surface area contributed by atoms with E-state index in [0.717, 1.165) is 29.3 Å². The van der Waals surface area contributed by atoms with E-state index in [0.29, 0.717) is 18.5 Å². The van der Waals surface area contributed by atoms with Crippen molar-refractivity contribution in [3.63, 3.8) is 0 Å². The van der Waals surface area contributed by atoms with Gasteiger partial charge in [0.05, 0.1) is 17.8 Å². The molecule has 0 aliphatic heterocycles. The molecule has 0 atom stereocenters. The van der Waals surface area contributed by atoms with Crippen molar-refractivity contribution >= 4 is 22.0 Å². The van der Waals surface area contributed by atoms with Crippen LogP contribution >= 0.6 is 15.9 Å². The lowest BCUT2D eigenvalue weighted by Crippen LogP contribution is -2.50. The molecule has 0 bridgehead atoms. The topological polar surface area (TPSA) is 90.1 Å². The normalized spacial score (nSPS) is 15.8. The van der Waals surface area contributed by atoms with E-state index in [4.69, 9.17) is 5.26 Å². The molecule has 2 aromatic rings. The molecule has 1 aromatic heterocycles. The van der Waals surface area contributed by atoms with E-state index >= 15 is 0 Å². The van der Waals surface area contributed by atoms with E-state index in [2.05, 4.69) is 25.9 Å². The third-order valence-electron chi connectivity index (χ3n) is 4.95. The Morgan fingerprint density at radius 3 is 2.65 bits per heavy atom. The Morgan fingerprint density at radius 1 is 1.27 bits per heavy atom. The number of benzene rings is 1. The van der Waals surface area contributed by atoms with Crippen molar-refractivity contribution in [1.82, 2.24) is 14.9 Å². The van der Waals surface area contributed by atoms with E-state index < -0.39 is 11.6 Å². The summed E-state index contributed by atoms with van der Waals surface area (Å²) in [4.78, 5) is 22.0. The monoisotopic (exact) mass is 414 g/mol. The Balaban J connectivity index is 2.07. The van der Waals surface area contributed by atoms with Crippen LogP contribution in [0.5, 0.6) is 0 Å². The molecule has 1 aromatic carbocycles.